The van der Waals surface area contributed by atoms with Crippen LogP contribution in [0.15, 0.2) is 46.9 Å². The highest BCUT2D eigenvalue weighted by molar-refractivity contribution is 9.10. The van der Waals surface area contributed by atoms with E-state index in [2.05, 4.69) is 40.4 Å². The van der Waals surface area contributed by atoms with Crippen molar-refractivity contribution in [1.82, 2.24) is 5.32 Å². The zero-order chi connectivity index (χ0) is 21.4. The lowest BCUT2D eigenvalue weighted by atomic mass is 10.1. The minimum atomic E-state index is -0.289. The first-order valence-corrected chi connectivity index (χ1v) is 10.7. The molecule has 2 aromatic carbocycles. The average Bonchev–Trinajstić information content (AvgIpc) is 2.69. The number of hydrogen-bond donors (Lipinski definition) is 2. The van der Waals surface area contributed by atoms with Crippen LogP contribution < -0.4 is 15.4 Å². The molecule has 2 amide bonds. The number of nitrogens with one attached hydrogen (secondary N) is 2. The number of halogens is 1. The van der Waals surface area contributed by atoms with E-state index in [1.165, 1.54) is 0 Å². The van der Waals surface area contributed by atoms with Crippen molar-refractivity contribution in [3.63, 3.8) is 0 Å². The summed E-state index contributed by atoms with van der Waals surface area (Å²) in [4.78, 5) is 25.2. The first-order chi connectivity index (χ1) is 13.8. The maximum Gasteiger partial charge on any atom is 0.255 e. The Morgan fingerprint density at radius 1 is 1.07 bits per heavy atom. The van der Waals surface area contributed by atoms with Gasteiger partial charge in [-0.3, -0.25) is 9.59 Å². The number of ether oxygens (including phenoxy) is 1. The molecule has 0 aliphatic carbocycles. The Labute approximate surface area is 181 Å². The van der Waals surface area contributed by atoms with E-state index in [-0.39, 0.29) is 17.9 Å². The summed E-state index contributed by atoms with van der Waals surface area (Å²) in [6.07, 6.45) is 1.80. The lowest BCUT2D eigenvalue weighted by Crippen LogP contribution is -2.32. The van der Waals surface area contributed by atoms with Crippen LogP contribution in [0.3, 0.4) is 0 Å². The fraction of sp³-hybridized carbons (Fsp3) is 0.391. The average molecular weight is 461 g/mol. The van der Waals surface area contributed by atoms with Crippen molar-refractivity contribution < 1.29 is 14.3 Å². The molecule has 0 bridgehead atoms. The van der Waals surface area contributed by atoms with Crippen molar-refractivity contribution in [3.8, 4) is 5.75 Å². The molecular weight excluding hydrogens is 432 g/mol. The molecule has 156 valence electrons. The Kier molecular flexibility index (Phi) is 8.70. The van der Waals surface area contributed by atoms with Gasteiger partial charge in [-0.15, -0.1) is 0 Å². The van der Waals surface area contributed by atoms with Gasteiger partial charge in [0.2, 0.25) is 0 Å². The Morgan fingerprint density at radius 3 is 2.45 bits per heavy atom. The number of carbonyl (C=O) groups is 2. The number of amides is 2. The zero-order valence-corrected chi connectivity index (χ0v) is 19.0. The molecule has 0 spiro atoms. The van der Waals surface area contributed by atoms with Crippen LogP contribution in [0.1, 0.15) is 61.3 Å². The van der Waals surface area contributed by atoms with Crippen molar-refractivity contribution in [3.05, 3.63) is 58.1 Å². The molecule has 0 aliphatic heterocycles. The second kappa shape index (κ2) is 11.0. The number of carbonyl (C=O) groups excluding carboxylic acids is 2. The number of para-hydroxylation sites is 1. The van der Waals surface area contributed by atoms with E-state index in [9.17, 15) is 9.59 Å². The molecule has 0 aliphatic rings. The predicted molar refractivity (Wildman–Crippen MR) is 121 cm³/mol. The molecular formula is C23H29BrN2O3. The van der Waals surface area contributed by atoms with Gasteiger partial charge >= 0.3 is 0 Å². The second-order valence-electron chi connectivity index (χ2n) is 7.46. The van der Waals surface area contributed by atoms with Crippen LogP contribution in [-0.2, 0) is 0 Å². The second-order valence-corrected chi connectivity index (χ2v) is 8.31. The summed E-state index contributed by atoms with van der Waals surface area (Å²) in [6, 6.07) is 12.3. The topological polar surface area (TPSA) is 67.4 Å². The minimum absolute atomic E-state index is 0.0606. The normalized spacial score (nSPS) is 11.8. The quantitative estimate of drug-likeness (QED) is 0.507. The molecule has 29 heavy (non-hydrogen) atoms. The van der Waals surface area contributed by atoms with Gasteiger partial charge in [0.15, 0.2) is 0 Å². The number of benzene rings is 2. The summed E-state index contributed by atoms with van der Waals surface area (Å²) in [6.45, 7) is 8.87. The van der Waals surface area contributed by atoms with E-state index in [1.807, 2.05) is 13.8 Å². The summed E-state index contributed by atoms with van der Waals surface area (Å²) in [7, 11) is 0. The summed E-state index contributed by atoms with van der Waals surface area (Å²) < 4.78 is 6.49. The van der Waals surface area contributed by atoms with Gasteiger partial charge < -0.3 is 15.4 Å². The molecule has 0 radical (unpaired) electrons. The zero-order valence-electron chi connectivity index (χ0n) is 17.4. The molecule has 1 atom stereocenters. The van der Waals surface area contributed by atoms with E-state index in [1.54, 1.807) is 42.5 Å². The van der Waals surface area contributed by atoms with Crippen LogP contribution in [0.5, 0.6) is 5.75 Å². The molecule has 0 saturated heterocycles. The smallest absolute Gasteiger partial charge is 0.255 e. The Morgan fingerprint density at radius 2 is 1.79 bits per heavy atom. The molecule has 1 unspecified atom stereocenters. The molecule has 2 aromatic rings. The molecule has 5 nitrogen and oxygen atoms in total. The van der Waals surface area contributed by atoms with Crippen LogP contribution in [0, 0.1) is 5.92 Å². The maximum atomic E-state index is 12.7. The van der Waals surface area contributed by atoms with E-state index >= 15 is 0 Å². The molecule has 0 fully saturated rings. The highest BCUT2D eigenvalue weighted by Gasteiger charge is 2.16. The van der Waals surface area contributed by atoms with Crippen LogP contribution in [0.25, 0.3) is 0 Å². The highest BCUT2D eigenvalue weighted by atomic mass is 79.9. The van der Waals surface area contributed by atoms with Crippen LogP contribution >= 0.6 is 15.9 Å². The van der Waals surface area contributed by atoms with Crippen LogP contribution in [0.2, 0.25) is 0 Å². The Balaban J connectivity index is 2.11. The maximum absolute atomic E-state index is 12.7. The standard InChI is InChI=1S/C23H29BrN2O3/c1-5-16(4)25-23(28)18-8-6-7-9-20(18)26-22(27)17-10-11-21(19(24)14-17)29-13-12-15(2)3/h6-11,14-16H,5,12-13H2,1-4H3,(H,25,28)(H,26,27). The minimum Gasteiger partial charge on any atom is -0.492 e. The van der Waals surface area contributed by atoms with Gasteiger partial charge in [-0.2, -0.15) is 0 Å². The van der Waals surface area contributed by atoms with E-state index in [4.69, 9.17) is 4.74 Å². The van der Waals surface area contributed by atoms with Crippen LogP contribution in [-0.4, -0.2) is 24.5 Å². The third kappa shape index (κ3) is 6.89. The molecule has 2 rings (SSSR count). The Bertz CT molecular complexity index is 852. The van der Waals surface area contributed by atoms with Gasteiger partial charge in [-0.1, -0.05) is 32.9 Å². The monoisotopic (exact) mass is 460 g/mol. The third-order valence-electron chi connectivity index (χ3n) is 4.56. The van der Waals surface area contributed by atoms with Gasteiger partial charge in [0.1, 0.15) is 5.75 Å². The van der Waals surface area contributed by atoms with Gasteiger partial charge in [-0.05, 0) is 71.9 Å². The summed E-state index contributed by atoms with van der Waals surface area (Å²) in [5, 5.41) is 5.77. The van der Waals surface area contributed by atoms with Gasteiger partial charge in [0.25, 0.3) is 11.8 Å². The number of rotatable bonds is 9. The highest BCUT2D eigenvalue weighted by Crippen LogP contribution is 2.27. The third-order valence-corrected chi connectivity index (χ3v) is 5.18. The summed E-state index contributed by atoms with van der Waals surface area (Å²) in [5.41, 5.74) is 1.39. The summed E-state index contributed by atoms with van der Waals surface area (Å²) >= 11 is 3.47. The van der Waals surface area contributed by atoms with E-state index in [0.29, 0.717) is 35.1 Å². The molecule has 6 heteroatoms. The largest absolute Gasteiger partial charge is 0.492 e. The molecule has 0 heterocycles. The van der Waals surface area contributed by atoms with Gasteiger partial charge in [0, 0.05) is 11.6 Å². The lowest BCUT2D eigenvalue weighted by molar-refractivity contribution is 0.0940. The van der Waals surface area contributed by atoms with E-state index in [0.717, 1.165) is 17.3 Å². The first-order valence-electron chi connectivity index (χ1n) is 9.95. The van der Waals surface area contributed by atoms with Crippen molar-refractivity contribution in [2.75, 3.05) is 11.9 Å². The molecule has 2 N–H and O–H groups in total. The van der Waals surface area contributed by atoms with Gasteiger partial charge in [0.05, 0.1) is 22.3 Å². The molecule has 0 aromatic heterocycles. The first kappa shape index (κ1) is 22.9. The van der Waals surface area contributed by atoms with E-state index < -0.39 is 0 Å². The predicted octanol–water partition coefficient (Wildman–Crippen LogP) is 5.65. The van der Waals surface area contributed by atoms with Crippen molar-refractivity contribution in [2.45, 2.75) is 46.6 Å². The summed E-state index contributed by atoms with van der Waals surface area (Å²) in [5.74, 6) is 0.778. The number of hydrogen-bond acceptors (Lipinski definition) is 3. The fourth-order valence-electron chi connectivity index (χ4n) is 2.55. The Hall–Kier alpha value is -2.34. The lowest BCUT2D eigenvalue weighted by Gasteiger charge is -2.15. The van der Waals surface area contributed by atoms with Crippen molar-refractivity contribution in [2.24, 2.45) is 5.92 Å². The van der Waals surface area contributed by atoms with Gasteiger partial charge in [-0.25, -0.2) is 0 Å². The van der Waals surface area contributed by atoms with Crippen molar-refractivity contribution >= 4 is 33.4 Å². The fourth-order valence-corrected chi connectivity index (χ4v) is 3.05. The number of anilines is 1. The van der Waals surface area contributed by atoms with Crippen molar-refractivity contribution in [1.29, 1.82) is 0 Å². The SMILES string of the molecule is CCC(C)NC(=O)c1ccccc1NC(=O)c1ccc(OCCC(C)C)c(Br)c1. The molecule has 0 saturated carbocycles. The van der Waals surface area contributed by atoms with Crippen LogP contribution in [0.4, 0.5) is 5.69 Å².